The number of carbonyl (C=O) groups is 2. The van der Waals surface area contributed by atoms with Gasteiger partial charge in [0, 0.05) is 24.0 Å². The summed E-state index contributed by atoms with van der Waals surface area (Å²) < 4.78 is 27.4. The maximum atomic E-state index is 13.1. The highest BCUT2D eigenvalue weighted by Crippen LogP contribution is 2.27. The maximum Gasteiger partial charge on any atom is 0.243 e. The molecule has 1 aromatic carbocycles. The first-order valence-electron chi connectivity index (χ1n) is 9.41. The predicted molar refractivity (Wildman–Crippen MR) is 111 cm³/mol. The van der Waals surface area contributed by atoms with Crippen LogP contribution in [0.25, 0.3) is 0 Å². The van der Waals surface area contributed by atoms with Crippen molar-refractivity contribution in [2.45, 2.75) is 50.6 Å². The fourth-order valence-corrected chi connectivity index (χ4v) is 5.44. The molecule has 1 aromatic heterocycles. The van der Waals surface area contributed by atoms with E-state index in [0.717, 1.165) is 10.7 Å². The summed E-state index contributed by atoms with van der Waals surface area (Å²) in [5.41, 5.74) is 1.29. The molecule has 0 bridgehead atoms. The van der Waals surface area contributed by atoms with Gasteiger partial charge in [0.1, 0.15) is 6.04 Å². The van der Waals surface area contributed by atoms with E-state index in [0.29, 0.717) is 31.5 Å². The summed E-state index contributed by atoms with van der Waals surface area (Å²) in [5, 5.41) is 8.27. The van der Waals surface area contributed by atoms with Crippen molar-refractivity contribution in [3.8, 4) is 0 Å². The molecule has 1 aliphatic heterocycles. The summed E-state index contributed by atoms with van der Waals surface area (Å²) >= 11 is 1.50. The minimum Gasteiger partial charge on any atom is -0.349 e. The number of sulfonamides is 1. The highest BCUT2D eigenvalue weighted by molar-refractivity contribution is 7.89. The number of thiazole rings is 1. The Labute approximate surface area is 174 Å². The van der Waals surface area contributed by atoms with Crippen molar-refractivity contribution in [2.24, 2.45) is 0 Å². The molecule has 8 nitrogen and oxygen atoms in total. The van der Waals surface area contributed by atoms with Crippen molar-refractivity contribution in [3.05, 3.63) is 40.3 Å². The standard InChI is InChI=1S/C19H24N4O4S2/c1-3-18(24)22-14-6-8-16(9-7-14)29(26,27)23-10-4-5-17(23)19(25)20-11-15-12-28-13(2)21-15/h6-9,12,17H,3-5,10-11H2,1-2H3,(H,20,25)(H,22,24)/t17-/m1/s1. The average Bonchev–Trinajstić information content (AvgIpc) is 3.36. The lowest BCUT2D eigenvalue weighted by molar-refractivity contribution is -0.124. The molecule has 156 valence electrons. The van der Waals surface area contributed by atoms with Crippen LogP contribution in [0.15, 0.2) is 34.5 Å². The number of aromatic nitrogens is 1. The number of benzene rings is 1. The van der Waals surface area contributed by atoms with Crippen LogP contribution in [0, 0.1) is 6.92 Å². The van der Waals surface area contributed by atoms with Gasteiger partial charge in [-0.15, -0.1) is 11.3 Å². The van der Waals surface area contributed by atoms with E-state index >= 15 is 0 Å². The third kappa shape index (κ3) is 5.01. The van der Waals surface area contributed by atoms with Crippen LogP contribution in [-0.4, -0.2) is 42.1 Å². The van der Waals surface area contributed by atoms with Crippen molar-refractivity contribution in [1.82, 2.24) is 14.6 Å². The number of aryl methyl sites for hydroxylation is 1. The van der Waals surface area contributed by atoms with Crippen LogP contribution >= 0.6 is 11.3 Å². The van der Waals surface area contributed by atoms with Gasteiger partial charge in [0.15, 0.2) is 0 Å². The highest BCUT2D eigenvalue weighted by atomic mass is 32.2. The second-order valence-electron chi connectivity index (χ2n) is 6.78. The second-order valence-corrected chi connectivity index (χ2v) is 9.73. The van der Waals surface area contributed by atoms with Crippen LogP contribution in [0.3, 0.4) is 0 Å². The van der Waals surface area contributed by atoms with Crippen molar-refractivity contribution in [3.63, 3.8) is 0 Å². The van der Waals surface area contributed by atoms with Crippen LogP contribution in [0.5, 0.6) is 0 Å². The van der Waals surface area contributed by atoms with Gasteiger partial charge in [-0.2, -0.15) is 4.31 Å². The first-order chi connectivity index (χ1) is 13.8. The van der Waals surface area contributed by atoms with Gasteiger partial charge in [0.25, 0.3) is 0 Å². The smallest absolute Gasteiger partial charge is 0.243 e. The summed E-state index contributed by atoms with van der Waals surface area (Å²) in [7, 11) is -3.82. The van der Waals surface area contributed by atoms with Gasteiger partial charge in [-0.05, 0) is 44.0 Å². The Morgan fingerprint density at radius 1 is 1.28 bits per heavy atom. The Balaban J connectivity index is 1.69. The Hall–Kier alpha value is -2.30. The van der Waals surface area contributed by atoms with Crippen LogP contribution in [0.1, 0.15) is 36.9 Å². The Kier molecular flexibility index (Phi) is 6.66. The molecule has 0 radical (unpaired) electrons. The number of carbonyl (C=O) groups excluding carboxylic acids is 2. The fraction of sp³-hybridized carbons (Fsp3) is 0.421. The number of nitrogens with zero attached hydrogens (tertiary/aromatic N) is 2. The Morgan fingerprint density at radius 2 is 2.00 bits per heavy atom. The fourth-order valence-electron chi connectivity index (χ4n) is 3.17. The van der Waals surface area contributed by atoms with Gasteiger partial charge in [-0.1, -0.05) is 6.92 Å². The minimum atomic E-state index is -3.82. The van der Waals surface area contributed by atoms with E-state index in [1.165, 1.54) is 27.8 Å². The molecule has 0 aliphatic carbocycles. The first kappa shape index (κ1) is 21.4. The largest absolute Gasteiger partial charge is 0.349 e. The maximum absolute atomic E-state index is 13.1. The summed E-state index contributed by atoms with van der Waals surface area (Å²) in [6, 6.07) is 5.27. The number of hydrogen-bond acceptors (Lipinski definition) is 6. The molecule has 2 aromatic rings. The van der Waals surface area contributed by atoms with Gasteiger partial charge in [0.05, 0.1) is 22.1 Å². The van der Waals surface area contributed by atoms with Gasteiger partial charge in [0.2, 0.25) is 21.8 Å². The van der Waals surface area contributed by atoms with Crippen LogP contribution in [-0.2, 0) is 26.2 Å². The van der Waals surface area contributed by atoms with Crippen LogP contribution in [0.4, 0.5) is 5.69 Å². The third-order valence-electron chi connectivity index (χ3n) is 4.68. The molecule has 10 heteroatoms. The molecular weight excluding hydrogens is 412 g/mol. The zero-order valence-electron chi connectivity index (χ0n) is 16.3. The van der Waals surface area contributed by atoms with Crippen molar-refractivity contribution in [1.29, 1.82) is 0 Å². The minimum absolute atomic E-state index is 0.0989. The predicted octanol–water partition coefficient (Wildman–Crippen LogP) is 2.27. The SMILES string of the molecule is CCC(=O)Nc1ccc(S(=O)(=O)N2CCC[C@@H]2C(=O)NCc2csc(C)n2)cc1. The molecule has 0 spiro atoms. The average molecular weight is 437 g/mol. The number of nitrogens with one attached hydrogen (secondary N) is 2. The van der Waals surface area contributed by atoms with Crippen LogP contribution in [0.2, 0.25) is 0 Å². The van der Waals surface area contributed by atoms with E-state index in [1.807, 2.05) is 12.3 Å². The summed E-state index contributed by atoms with van der Waals surface area (Å²) in [6.07, 6.45) is 1.44. The molecule has 29 heavy (non-hydrogen) atoms. The van der Waals surface area contributed by atoms with Gasteiger partial charge < -0.3 is 10.6 Å². The monoisotopic (exact) mass is 436 g/mol. The van der Waals surface area contributed by atoms with E-state index in [2.05, 4.69) is 15.6 Å². The highest BCUT2D eigenvalue weighted by Gasteiger charge is 2.39. The van der Waals surface area contributed by atoms with Gasteiger partial charge >= 0.3 is 0 Å². The lowest BCUT2D eigenvalue weighted by Crippen LogP contribution is -2.45. The third-order valence-corrected chi connectivity index (χ3v) is 7.43. The molecule has 2 N–H and O–H groups in total. The molecule has 0 saturated carbocycles. The Bertz CT molecular complexity index is 986. The molecule has 1 fully saturated rings. The summed E-state index contributed by atoms with van der Waals surface area (Å²) in [5.74, 6) is -0.462. The number of rotatable bonds is 7. The quantitative estimate of drug-likeness (QED) is 0.692. The van der Waals surface area contributed by atoms with Crippen molar-refractivity contribution in [2.75, 3.05) is 11.9 Å². The molecule has 2 heterocycles. The van der Waals surface area contributed by atoms with Crippen molar-refractivity contribution >= 4 is 38.9 Å². The number of amides is 2. The van der Waals surface area contributed by atoms with Gasteiger partial charge in [-0.3, -0.25) is 9.59 Å². The number of hydrogen-bond donors (Lipinski definition) is 2. The summed E-state index contributed by atoms with van der Waals surface area (Å²) in [4.78, 5) is 28.5. The molecule has 1 aliphatic rings. The lowest BCUT2D eigenvalue weighted by atomic mass is 10.2. The second kappa shape index (κ2) is 9.02. The normalized spacial score (nSPS) is 17.2. The topological polar surface area (TPSA) is 108 Å². The molecule has 3 rings (SSSR count). The molecule has 1 saturated heterocycles. The lowest BCUT2D eigenvalue weighted by Gasteiger charge is -2.23. The first-order valence-corrected chi connectivity index (χ1v) is 11.7. The van der Waals surface area contributed by atoms with E-state index in [-0.39, 0.29) is 23.3 Å². The molecular formula is C19H24N4O4S2. The van der Waals surface area contributed by atoms with Crippen molar-refractivity contribution < 1.29 is 18.0 Å². The van der Waals surface area contributed by atoms with E-state index in [4.69, 9.17) is 0 Å². The van der Waals surface area contributed by atoms with E-state index < -0.39 is 16.1 Å². The molecule has 1 atom stereocenters. The zero-order chi connectivity index (χ0) is 21.0. The van der Waals surface area contributed by atoms with E-state index in [9.17, 15) is 18.0 Å². The molecule has 2 amide bonds. The summed E-state index contributed by atoms with van der Waals surface area (Å²) in [6.45, 7) is 4.20. The molecule has 0 unspecified atom stereocenters. The number of anilines is 1. The zero-order valence-corrected chi connectivity index (χ0v) is 18.0. The van der Waals surface area contributed by atoms with Crippen LogP contribution < -0.4 is 10.6 Å². The van der Waals surface area contributed by atoms with E-state index in [1.54, 1.807) is 19.1 Å². The van der Waals surface area contributed by atoms with Gasteiger partial charge in [-0.25, -0.2) is 13.4 Å². The Morgan fingerprint density at radius 3 is 2.62 bits per heavy atom.